The van der Waals surface area contributed by atoms with Crippen LogP contribution in [0.5, 0.6) is 0 Å². The molecule has 0 saturated carbocycles. The standard InChI is InChI=1S/C19H17N4O2.ClHO4/c1-3-22-14-11-7-8-12-15(14)23(13-9-5-4-6-10-13)17-16(22)18(24)21(2)19(25)20-17;2-1(3,4)5/h4-12H,3H2,1-2H3;(H,2,3,4,5)/q+1;/p-1. The van der Waals surface area contributed by atoms with Crippen molar-refractivity contribution < 1.29 is 33.4 Å². The zero-order valence-electron chi connectivity index (χ0n) is 16.0. The molecule has 2 aliphatic heterocycles. The van der Waals surface area contributed by atoms with Crippen LogP contribution < -0.4 is 34.5 Å². The van der Waals surface area contributed by atoms with Crippen molar-refractivity contribution in [3.05, 3.63) is 75.4 Å². The van der Waals surface area contributed by atoms with E-state index in [1.54, 1.807) is 0 Å². The molecule has 0 aliphatic carbocycles. The Morgan fingerprint density at radius 1 is 0.967 bits per heavy atom. The summed E-state index contributed by atoms with van der Waals surface area (Å²) in [6.45, 7) is 2.57. The van der Waals surface area contributed by atoms with E-state index >= 15 is 0 Å². The van der Waals surface area contributed by atoms with Crippen LogP contribution in [-0.2, 0) is 13.6 Å². The summed E-state index contributed by atoms with van der Waals surface area (Å²) in [6, 6.07) is 17.5. The molecule has 0 aromatic heterocycles. The SMILES string of the molecule is CC[n+]1c2c(=O)n(C)c(=O)nc-2n(-c2ccccc2)c2ccccc21.[O-][Cl+3]([O-])([O-])[O-]. The molecule has 156 valence electrons. The summed E-state index contributed by atoms with van der Waals surface area (Å²) in [6.07, 6.45) is 0. The number of fused-ring (bicyclic) bond motifs is 2. The summed E-state index contributed by atoms with van der Waals surface area (Å²) in [7, 11) is -3.49. The molecule has 0 spiro atoms. The smallest absolute Gasteiger partial charge is 0.283 e. The van der Waals surface area contributed by atoms with Gasteiger partial charge in [0.25, 0.3) is 0 Å². The van der Waals surface area contributed by atoms with Gasteiger partial charge in [-0.3, -0.25) is 13.9 Å². The van der Waals surface area contributed by atoms with Crippen LogP contribution in [0, 0.1) is 10.2 Å². The lowest BCUT2D eigenvalue weighted by Crippen LogP contribution is -2.68. The highest BCUT2D eigenvalue weighted by Crippen LogP contribution is 2.23. The van der Waals surface area contributed by atoms with Crippen molar-refractivity contribution >= 4 is 11.0 Å². The average Bonchev–Trinajstić information content (AvgIpc) is 2.70. The minimum atomic E-state index is -4.94. The van der Waals surface area contributed by atoms with Crippen molar-refractivity contribution in [3.63, 3.8) is 0 Å². The number of halogens is 1. The van der Waals surface area contributed by atoms with Gasteiger partial charge in [-0.05, 0) is 25.1 Å². The van der Waals surface area contributed by atoms with Crippen LogP contribution in [0.15, 0.2) is 64.2 Å². The van der Waals surface area contributed by atoms with Crippen molar-refractivity contribution in [2.45, 2.75) is 13.5 Å². The van der Waals surface area contributed by atoms with E-state index in [1.807, 2.05) is 70.7 Å². The van der Waals surface area contributed by atoms with E-state index in [0.29, 0.717) is 18.1 Å². The van der Waals surface area contributed by atoms with Gasteiger partial charge in [0.15, 0.2) is 0 Å². The highest BCUT2D eigenvalue weighted by molar-refractivity contribution is 5.77. The number of hydrogen-bond acceptors (Lipinski definition) is 7. The summed E-state index contributed by atoms with van der Waals surface area (Å²) >= 11 is 0. The van der Waals surface area contributed by atoms with Crippen molar-refractivity contribution in [3.8, 4) is 17.2 Å². The van der Waals surface area contributed by atoms with Gasteiger partial charge in [0, 0.05) is 18.8 Å². The Morgan fingerprint density at radius 2 is 1.53 bits per heavy atom. The van der Waals surface area contributed by atoms with Crippen molar-refractivity contribution in [2.24, 2.45) is 7.05 Å². The molecular weight excluding hydrogens is 416 g/mol. The summed E-state index contributed by atoms with van der Waals surface area (Å²) in [5, 5.41) is 0. The third-order valence-electron chi connectivity index (χ3n) is 4.43. The molecule has 0 amide bonds. The number of benzene rings is 2. The topological polar surface area (TPSA) is 153 Å². The molecule has 2 aromatic rings. The van der Waals surface area contributed by atoms with Gasteiger partial charge < -0.3 is 0 Å². The molecule has 2 aliphatic rings. The first-order chi connectivity index (χ1) is 14.1. The molecule has 2 heterocycles. The maximum atomic E-state index is 12.8. The van der Waals surface area contributed by atoms with Gasteiger partial charge in [-0.25, -0.2) is 23.4 Å². The summed E-state index contributed by atoms with van der Waals surface area (Å²) in [4.78, 5) is 29.3. The molecule has 0 radical (unpaired) electrons. The van der Waals surface area contributed by atoms with E-state index in [9.17, 15) is 9.59 Å². The number of para-hydroxylation sites is 3. The van der Waals surface area contributed by atoms with Gasteiger partial charge in [-0.2, -0.15) is 9.55 Å². The van der Waals surface area contributed by atoms with Crippen LogP contribution in [0.4, 0.5) is 0 Å². The molecular formula is C19H17ClN4O6. The Morgan fingerprint density at radius 3 is 2.13 bits per heavy atom. The molecule has 2 aromatic carbocycles. The second kappa shape index (κ2) is 8.30. The second-order valence-corrected chi connectivity index (χ2v) is 6.97. The first-order valence-corrected chi connectivity index (χ1v) is 9.98. The third kappa shape index (κ3) is 4.22. The first kappa shape index (κ1) is 21.6. The van der Waals surface area contributed by atoms with E-state index in [-0.39, 0.29) is 5.56 Å². The number of nitrogens with zero attached hydrogens (tertiary/aromatic N) is 4. The predicted octanol–water partition coefficient (Wildman–Crippen LogP) is -3.26. The fourth-order valence-corrected chi connectivity index (χ4v) is 3.23. The maximum Gasteiger partial charge on any atom is 0.352 e. The molecule has 4 rings (SSSR count). The summed E-state index contributed by atoms with van der Waals surface area (Å²) < 4.78 is 38.8. The molecule has 0 N–H and O–H groups in total. The van der Waals surface area contributed by atoms with E-state index in [0.717, 1.165) is 21.3 Å². The highest BCUT2D eigenvalue weighted by atomic mass is 35.7. The van der Waals surface area contributed by atoms with Gasteiger partial charge >= 0.3 is 16.9 Å². The zero-order chi connectivity index (χ0) is 22.1. The van der Waals surface area contributed by atoms with E-state index < -0.39 is 15.9 Å². The minimum Gasteiger partial charge on any atom is -0.283 e. The molecule has 0 fully saturated rings. The Labute approximate surface area is 172 Å². The van der Waals surface area contributed by atoms with Crippen molar-refractivity contribution in [2.75, 3.05) is 0 Å². The summed E-state index contributed by atoms with van der Waals surface area (Å²) in [5.41, 5.74) is 2.19. The van der Waals surface area contributed by atoms with Gasteiger partial charge in [-0.15, -0.1) is 10.2 Å². The Kier molecular flexibility index (Phi) is 5.97. The van der Waals surface area contributed by atoms with E-state index in [2.05, 4.69) is 4.98 Å². The highest BCUT2D eigenvalue weighted by Gasteiger charge is 2.30. The molecule has 11 heteroatoms. The van der Waals surface area contributed by atoms with Crippen LogP contribution in [0.25, 0.3) is 28.2 Å². The second-order valence-electron chi connectivity index (χ2n) is 6.21. The normalized spacial score (nSPS) is 11.4. The lowest BCUT2D eigenvalue weighted by Gasteiger charge is -2.17. The Bertz CT molecular complexity index is 1270. The van der Waals surface area contributed by atoms with E-state index in [4.69, 9.17) is 18.6 Å². The van der Waals surface area contributed by atoms with Crippen LogP contribution in [0.3, 0.4) is 0 Å². The number of aryl methyl sites for hydroxylation is 1. The zero-order valence-corrected chi connectivity index (χ0v) is 16.8. The molecule has 0 bridgehead atoms. The Balaban J connectivity index is 0.000000461. The van der Waals surface area contributed by atoms with Crippen LogP contribution in [0.2, 0.25) is 0 Å². The molecule has 0 unspecified atom stereocenters. The van der Waals surface area contributed by atoms with Crippen LogP contribution in [-0.4, -0.2) is 14.1 Å². The first-order valence-electron chi connectivity index (χ1n) is 8.75. The summed E-state index contributed by atoms with van der Waals surface area (Å²) in [5.74, 6) is 0.375. The van der Waals surface area contributed by atoms with E-state index in [1.165, 1.54) is 7.05 Å². The monoisotopic (exact) mass is 432 g/mol. The Hall–Kier alpha value is -3.15. The molecule has 0 saturated heterocycles. The minimum absolute atomic E-state index is 0.340. The fourth-order valence-electron chi connectivity index (χ4n) is 3.23. The number of rotatable bonds is 2. The predicted molar refractivity (Wildman–Crippen MR) is 95.1 cm³/mol. The molecule has 0 atom stereocenters. The van der Waals surface area contributed by atoms with Crippen molar-refractivity contribution in [1.29, 1.82) is 0 Å². The molecule has 30 heavy (non-hydrogen) atoms. The largest absolute Gasteiger partial charge is 0.352 e. The maximum absolute atomic E-state index is 12.8. The van der Waals surface area contributed by atoms with Crippen LogP contribution >= 0.6 is 0 Å². The lowest BCUT2D eigenvalue weighted by molar-refractivity contribution is -2.00. The fraction of sp³-hybridized carbons (Fsp3) is 0.158. The quantitative estimate of drug-likeness (QED) is 0.238. The number of hydrogen-bond donors (Lipinski definition) is 0. The third-order valence-corrected chi connectivity index (χ3v) is 4.43. The molecule has 10 nitrogen and oxygen atoms in total. The average molecular weight is 433 g/mol. The van der Waals surface area contributed by atoms with Gasteiger partial charge in [0.2, 0.25) is 11.3 Å². The van der Waals surface area contributed by atoms with Crippen molar-refractivity contribution in [1.82, 2.24) is 14.1 Å². The number of aromatic nitrogens is 4. The van der Waals surface area contributed by atoms with Gasteiger partial charge in [0.05, 0.1) is 0 Å². The lowest BCUT2D eigenvalue weighted by atomic mass is 10.2. The van der Waals surface area contributed by atoms with Crippen LogP contribution in [0.1, 0.15) is 6.92 Å². The van der Waals surface area contributed by atoms with Gasteiger partial charge in [0.1, 0.15) is 12.1 Å². The van der Waals surface area contributed by atoms with Gasteiger partial charge in [-0.1, -0.05) is 30.3 Å².